The van der Waals surface area contributed by atoms with Crippen LogP contribution in [0.2, 0.25) is 0 Å². The fourth-order valence-corrected chi connectivity index (χ4v) is 3.86. The number of fused-ring (bicyclic) bond motifs is 1. The number of rotatable bonds is 5. The van der Waals surface area contributed by atoms with Gasteiger partial charge in [-0.05, 0) is 68.5 Å². The fraction of sp³-hybridized carbons (Fsp3) is 0.348. The van der Waals surface area contributed by atoms with Crippen molar-refractivity contribution in [2.24, 2.45) is 0 Å². The van der Waals surface area contributed by atoms with Crippen molar-refractivity contribution >= 4 is 22.9 Å². The van der Waals surface area contributed by atoms with Gasteiger partial charge in [0.2, 0.25) is 11.9 Å². The molecule has 1 heterocycles. The van der Waals surface area contributed by atoms with Crippen LogP contribution in [-0.4, -0.2) is 20.6 Å². The summed E-state index contributed by atoms with van der Waals surface area (Å²) in [5.41, 5.74) is 1.97. The summed E-state index contributed by atoms with van der Waals surface area (Å²) in [6.45, 7) is 3.38. The summed E-state index contributed by atoms with van der Waals surface area (Å²) in [6.07, 6.45) is 2.87. The molecule has 30 heavy (non-hydrogen) atoms. The number of hydrogen-bond donors (Lipinski definition) is 2. The summed E-state index contributed by atoms with van der Waals surface area (Å²) in [7, 11) is 0. The van der Waals surface area contributed by atoms with E-state index in [0.29, 0.717) is 17.1 Å². The number of aryl methyl sites for hydroxylation is 1. The monoisotopic (exact) mass is 406 g/mol. The Kier molecular flexibility index (Phi) is 5.04. The minimum Gasteiger partial charge on any atom is -0.385 e. The molecule has 2 aromatic carbocycles. The molecule has 1 amide bonds. The molecule has 154 valence electrons. The summed E-state index contributed by atoms with van der Waals surface area (Å²) in [5.74, 6) is -0.373. The molecule has 0 unspecified atom stereocenters. The predicted molar refractivity (Wildman–Crippen MR) is 111 cm³/mol. The number of imidazole rings is 1. The maximum Gasteiger partial charge on any atom is 0.229 e. The number of nitrogens with one attached hydrogen (secondary N) is 1. The Morgan fingerprint density at radius 2 is 2.07 bits per heavy atom. The Labute approximate surface area is 174 Å². The Balaban J connectivity index is 1.63. The smallest absolute Gasteiger partial charge is 0.229 e. The largest absolute Gasteiger partial charge is 0.385 e. The van der Waals surface area contributed by atoms with Gasteiger partial charge in [0.25, 0.3) is 0 Å². The van der Waals surface area contributed by atoms with Crippen LogP contribution in [0, 0.1) is 24.1 Å². The number of benzene rings is 2. The molecule has 1 atom stereocenters. The second-order valence-corrected chi connectivity index (χ2v) is 8.16. The Bertz CT molecular complexity index is 1150. The minimum absolute atomic E-state index is 0.199. The van der Waals surface area contributed by atoms with Gasteiger partial charge in [0.05, 0.1) is 34.7 Å². The molecular formula is C23H23FN4O2. The van der Waals surface area contributed by atoms with Crippen LogP contribution >= 0.6 is 0 Å². The molecule has 1 aromatic heterocycles. The topological polar surface area (TPSA) is 90.9 Å². The lowest BCUT2D eigenvalue weighted by molar-refractivity contribution is -0.120. The van der Waals surface area contributed by atoms with Crippen LogP contribution in [0.5, 0.6) is 0 Å². The predicted octanol–water partition coefficient (Wildman–Crippen LogP) is 4.32. The number of aliphatic hydroxyl groups is 1. The number of nitrogens with zero attached hydrogens (tertiary/aromatic N) is 3. The number of carbonyl (C=O) groups is 1. The van der Waals surface area contributed by atoms with Crippen molar-refractivity contribution in [3.63, 3.8) is 0 Å². The van der Waals surface area contributed by atoms with Gasteiger partial charge < -0.3 is 9.67 Å². The first-order valence-electron chi connectivity index (χ1n) is 9.99. The van der Waals surface area contributed by atoms with Gasteiger partial charge in [-0.2, -0.15) is 5.26 Å². The number of hydrogen-bond acceptors (Lipinski definition) is 4. The quantitative estimate of drug-likeness (QED) is 0.660. The molecule has 2 N–H and O–H groups in total. The van der Waals surface area contributed by atoms with Crippen molar-refractivity contribution < 1.29 is 14.3 Å². The number of nitriles is 1. The maximum absolute atomic E-state index is 13.2. The molecule has 1 aliphatic rings. The van der Waals surface area contributed by atoms with E-state index >= 15 is 0 Å². The van der Waals surface area contributed by atoms with Gasteiger partial charge in [0.15, 0.2) is 0 Å². The van der Waals surface area contributed by atoms with Crippen molar-refractivity contribution in [3.05, 3.63) is 58.9 Å². The third-order valence-electron chi connectivity index (χ3n) is 5.82. The Morgan fingerprint density at radius 3 is 2.67 bits per heavy atom. The van der Waals surface area contributed by atoms with E-state index in [-0.39, 0.29) is 12.5 Å². The molecule has 0 saturated heterocycles. The summed E-state index contributed by atoms with van der Waals surface area (Å²) in [6, 6.07) is 11.6. The van der Waals surface area contributed by atoms with Gasteiger partial charge in [-0.1, -0.05) is 12.1 Å². The summed E-state index contributed by atoms with van der Waals surface area (Å²) in [5, 5.41) is 23.0. The van der Waals surface area contributed by atoms with Crippen molar-refractivity contribution in [2.45, 2.75) is 51.2 Å². The molecular weight excluding hydrogens is 383 g/mol. The molecule has 6 nitrogen and oxygen atoms in total. The Morgan fingerprint density at radius 1 is 1.37 bits per heavy atom. The lowest BCUT2D eigenvalue weighted by Gasteiger charge is -2.29. The second-order valence-electron chi connectivity index (χ2n) is 8.16. The van der Waals surface area contributed by atoms with Gasteiger partial charge in [-0.15, -0.1) is 0 Å². The van der Waals surface area contributed by atoms with E-state index in [4.69, 9.17) is 0 Å². The number of aromatic nitrogens is 2. The lowest BCUT2D eigenvalue weighted by atomic mass is 9.92. The van der Waals surface area contributed by atoms with Crippen molar-refractivity contribution in [3.8, 4) is 6.07 Å². The van der Waals surface area contributed by atoms with Gasteiger partial charge >= 0.3 is 0 Å². The van der Waals surface area contributed by atoms with Crippen molar-refractivity contribution in [1.29, 1.82) is 5.26 Å². The summed E-state index contributed by atoms with van der Waals surface area (Å²) >= 11 is 0. The van der Waals surface area contributed by atoms with Crippen LogP contribution in [0.3, 0.4) is 0 Å². The zero-order valence-corrected chi connectivity index (χ0v) is 16.9. The molecule has 7 heteroatoms. The number of anilines is 1. The average molecular weight is 406 g/mol. The molecule has 1 fully saturated rings. The van der Waals surface area contributed by atoms with E-state index in [0.717, 1.165) is 35.9 Å². The van der Waals surface area contributed by atoms with Gasteiger partial charge in [-0.25, -0.2) is 9.37 Å². The third kappa shape index (κ3) is 3.66. The highest BCUT2D eigenvalue weighted by atomic mass is 19.1. The van der Waals surface area contributed by atoms with E-state index in [1.165, 1.54) is 31.2 Å². The van der Waals surface area contributed by atoms with Gasteiger partial charge in [-0.3, -0.25) is 10.1 Å². The van der Waals surface area contributed by atoms with Gasteiger partial charge in [0, 0.05) is 6.04 Å². The lowest BCUT2D eigenvalue weighted by Crippen LogP contribution is -2.30. The van der Waals surface area contributed by atoms with E-state index < -0.39 is 17.3 Å². The SMILES string of the molecule is Cc1cc2nc(NC(=O)C[C@](C)(O)c3ccc(F)cc3)n(C3CCC3)c2cc1C#N. The van der Waals surface area contributed by atoms with Crippen LogP contribution in [-0.2, 0) is 10.4 Å². The first-order chi connectivity index (χ1) is 14.3. The minimum atomic E-state index is -1.45. The first kappa shape index (κ1) is 20.0. The fourth-order valence-electron chi connectivity index (χ4n) is 3.86. The third-order valence-corrected chi connectivity index (χ3v) is 5.82. The van der Waals surface area contributed by atoms with Crippen LogP contribution in [0.4, 0.5) is 10.3 Å². The van der Waals surface area contributed by atoms with Gasteiger partial charge in [0.1, 0.15) is 5.82 Å². The van der Waals surface area contributed by atoms with E-state index in [2.05, 4.69) is 16.4 Å². The zero-order valence-electron chi connectivity index (χ0n) is 16.9. The first-order valence-corrected chi connectivity index (χ1v) is 9.99. The molecule has 0 radical (unpaired) electrons. The average Bonchev–Trinajstić information content (AvgIpc) is 2.96. The number of halogens is 1. The zero-order chi connectivity index (χ0) is 21.5. The molecule has 1 aliphatic carbocycles. The highest BCUT2D eigenvalue weighted by Gasteiger charge is 2.29. The summed E-state index contributed by atoms with van der Waals surface area (Å²) in [4.78, 5) is 17.4. The summed E-state index contributed by atoms with van der Waals surface area (Å²) < 4.78 is 15.2. The molecule has 0 aliphatic heterocycles. The molecule has 0 bridgehead atoms. The van der Waals surface area contributed by atoms with Crippen molar-refractivity contribution in [1.82, 2.24) is 9.55 Å². The van der Waals surface area contributed by atoms with E-state index in [1.807, 2.05) is 23.6 Å². The van der Waals surface area contributed by atoms with E-state index in [9.17, 15) is 19.6 Å². The second kappa shape index (κ2) is 7.54. The van der Waals surface area contributed by atoms with Crippen LogP contribution in [0.25, 0.3) is 11.0 Å². The number of amides is 1. The normalized spacial score (nSPS) is 16.0. The number of carbonyl (C=O) groups excluding carboxylic acids is 1. The molecule has 4 rings (SSSR count). The molecule has 3 aromatic rings. The molecule has 0 spiro atoms. The van der Waals surface area contributed by atoms with Crippen LogP contribution in [0.15, 0.2) is 36.4 Å². The standard InChI is InChI=1S/C23H23FN4O2/c1-14-10-19-20(11-15(14)13-25)28(18-4-3-5-18)22(26-19)27-21(29)12-23(2,30)16-6-8-17(24)9-7-16/h6-11,18,30H,3-5,12H2,1-2H3,(H,26,27,29)/t23-/m0/s1. The molecule has 1 saturated carbocycles. The Hall–Kier alpha value is -3.24. The highest BCUT2D eigenvalue weighted by molar-refractivity contribution is 5.92. The van der Waals surface area contributed by atoms with Crippen LogP contribution < -0.4 is 5.32 Å². The van der Waals surface area contributed by atoms with E-state index in [1.54, 1.807) is 0 Å². The van der Waals surface area contributed by atoms with Crippen LogP contribution in [0.1, 0.15) is 55.3 Å². The van der Waals surface area contributed by atoms with Crippen molar-refractivity contribution in [2.75, 3.05) is 5.32 Å². The highest BCUT2D eigenvalue weighted by Crippen LogP contribution is 2.38. The maximum atomic E-state index is 13.2.